The number of benzene rings is 1. The van der Waals surface area contributed by atoms with Crippen LogP contribution >= 0.6 is 15.9 Å². The summed E-state index contributed by atoms with van der Waals surface area (Å²) in [5.41, 5.74) is -0.502. The molecule has 1 fully saturated rings. The number of carbonyl (C=O) groups is 1. The number of hydrogen-bond acceptors (Lipinski definition) is 5. The van der Waals surface area contributed by atoms with Crippen LogP contribution in [0.5, 0.6) is 0 Å². The maximum atomic E-state index is 12.2. The molecule has 26 heavy (non-hydrogen) atoms. The van der Waals surface area contributed by atoms with Crippen LogP contribution in [-0.4, -0.2) is 50.6 Å². The molecule has 1 aliphatic heterocycles. The number of hydrogen-bond donors (Lipinski definition) is 0. The van der Waals surface area contributed by atoms with Crippen LogP contribution in [0.1, 0.15) is 33.6 Å². The van der Waals surface area contributed by atoms with Gasteiger partial charge in [0.1, 0.15) is 5.60 Å². The monoisotopic (exact) mass is 447 g/mol. The van der Waals surface area contributed by atoms with Crippen LogP contribution in [0.2, 0.25) is 0 Å². The van der Waals surface area contributed by atoms with E-state index >= 15 is 0 Å². The Morgan fingerprint density at radius 3 is 2.31 bits per heavy atom. The third-order valence-corrected chi connectivity index (χ3v) is 6.03. The third-order valence-electron chi connectivity index (χ3n) is 4.03. The summed E-state index contributed by atoms with van der Waals surface area (Å²) in [4.78, 5) is 14.0. The first-order valence-corrected chi connectivity index (χ1v) is 11.1. The van der Waals surface area contributed by atoms with E-state index in [9.17, 15) is 13.2 Å². The van der Waals surface area contributed by atoms with E-state index in [-0.39, 0.29) is 22.8 Å². The van der Waals surface area contributed by atoms with Crippen LogP contribution in [0.15, 0.2) is 33.6 Å². The van der Waals surface area contributed by atoms with Gasteiger partial charge >= 0.3 is 6.09 Å². The molecule has 0 aromatic heterocycles. The zero-order valence-corrected chi connectivity index (χ0v) is 17.8. The third kappa shape index (κ3) is 6.55. The van der Waals surface area contributed by atoms with Gasteiger partial charge in [-0.25, -0.2) is 13.2 Å². The summed E-state index contributed by atoms with van der Waals surface area (Å²) in [7, 11) is -3.45. The number of rotatable bonds is 5. The second kappa shape index (κ2) is 8.71. The number of piperidine rings is 1. The Kier molecular flexibility index (Phi) is 7.10. The molecule has 0 bridgehead atoms. The van der Waals surface area contributed by atoms with Crippen molar-refractivity contribution in [2.75, 3.05) is 25.6 Å². The lowest BCUT2D eigenvalue weighted by atomic mass is 9.98. The van der Waals surface area contributed by atoms with Crippen LogP contribution in [0.4, 0.5) is 4.79 Å². The molecule has 0 atom stereocenters. The highest BCUT2D eigenvalue weighted by Crippen LogP contribution is 2.21. The summed E-state index contributed by atoms with van der Waals surface area (Å²) >= 11 is 3.28. The maximum Gasteiger partial charge on any atom is 0.410 e. The molecule has 0 spiro atoms. The number of amides is 1. The standard InChI is InChI=1S/C18H26BrNO5S/c1-18(2,3)25-17(21)20-10-8-14(9-11-20)12-24-13-26(22,23)16-6-4-15(19)5-7-16/h4-7,14H,8-13H2,1-3H3. The number of likely N-dealkylation sites (tertiary alicyclic amines) is 1. The molecular formula is C18H26BrNO5S. The number of nitrogens with zero attached hydrogens (tertiary/aromatic N) is 1. The van der Waals surface area contributed by atoms with Crippen molar-refractivity contribution in [3.05, 3.63) is 28.7 Å². The second-order valence-electron chi connectivity index (χ2n) is 7.47. The summed E-state index contributed by atoms with van der Waals surface area (Å²) in [5.74, 6) is -0.0882. The lowest BCUT2D eigenvalue weighted by Gasteiger charge is -2.33. The Morgan fingerprint density at radius 1 is 1.19 bits per heavy atom. The van der Waals surface area contributed by atoms with Gasteiger partial charge in [0.05, 0.1) is 11.5 Å². The Bertz CT molecular complexity index is 704. The van der Waals surface area contributed by atoms with Gasteiger partial charge in [0.25, 0.3) is 0 Å². The predicted octanol–water partition coefficient (Wildman–Crippen LogP) is 3.84. The minimum Gasteiger partial charge on any atom is -0.444 e. The largest absolute Gasteiger partial charge is 0.444 e. The van der Waals surface area contributed by atoms with Crippen molar-refractivity contribution in [1.29, 1.82) is 0 Å². The molecule has 0 aliphatic carbocycles. The first-order valence-electron chi connectivity index (χ1n) is 8.61. The molecule has 6 nitrogen and oxygen atoms in total. The molecule has 1 saturated heterocycles. The van der Waals surface area contributed by atoms with E-state index in [4.69, 9.17) is 9.47 Å². The van der Waals surface area contributed by atoms with Crippen molar-refractivity contribution in [3.8, 4) is 0 Å². The SMILES string of the molecule is CC(C)(C)OC(=O)N1CCC(COCS(=O)(=O)c2ccc(Br)cc2)CC1. The average Bonchev–Trinajstić information content (AvgIpc) is 2.54. The Hall–Kier alpha value is -1.12. The molecule has 2 rings (SSSR count). The molecule has 0 radical (unpaired) electrons. The van der Waals surface area contributed by atoms with Gasteiger partial charge in [0.15, 0.2) is 5.94 Å². The van der Waals surface area contributed by atoms with E-state index in [1.807, 2.05) is 20.8 Å². The van der Waals surface area contributed by atoms with E-state index in [0.29, 0.717) is 19.7 Å². The van der Waals surface area contributed by atoms with Crippen LogP contribution in [0.25, 0.3) is 0 Å². The van der Waals surface area contributed by atoms with Crippen LogP contribution in [-0.2, 0) is 19.3 Å². The fraction of sp³-hybridized carbons (Fsp3) is 0.611. The zero-order valence-electron chi connectivity index (χ0n) is 15.4. The molecule has 0 N–H and O–H groups in total. The Morgan fingerprint density at radius 2 is 1.77 bits per heavy atom. The van der Waals surface area contributed by atoms with Gasteiger partial charge in [0, 0.05) is 17.6 Å². The lowest BCUT2D eigenvalue weighted by Crippen LogP contribution is -2.42. The quantitative estimate of drug-likeness (QED) is 0.685. The highest BCUT2D eigenvalue weighted by molar-refractivity contribution is 9.10. The molecule has 0 unspecified atom stereocenters. The minimum atomic E-state index is -3.45. The summed E-state index contributed by atoms with van der Waals surface area (Å²) in [6, 6.07) is 6.50. The second-order valence-corrected chi connectivity index (χ2v) is 10.3. The highest BCUT2D eigenvalue weighted by Gasteiger charge is 2.27. The molecule has 146 valence electrons. The van der Waals surface area contributed by atoms with E-state index < -0.39 is 15.4 Å². The van der Waals surface area contributed by atoms with Crippen LogP contribution in [0, 0.1) is 5.92 Å². The van der Waals surface area contributed by atoms with E-state index in [1.165, 1.54) is 0 Å². The number of carbonyl (C=O) groups excluding carboxylic acids is 1. The molecule has 1 aliphatic rings. The molecule has 8 heteroatoms. The van der Waals surface area contributed by atoms with Gasteiger partial charge < -0.3 is 14.4 Å². The number of sulfone groups is 1. The Balaban J connectivity index is 1.75. The molecule has 0 saturated carbocycles. The summed E-state index contributed by atoms with van der Waals surface area (Å²) < 4.78 is 36.2. The molecule has 1 amide bonds. The van der Waals surface area contributed by atoms with Crippen molar-refractivity contribution in [1.82, 2.24) is 4.90 Å². The van der Waals surface area contributed by atoms with E-state index in [2.05, 4.69) is 15.9 Å². The topological polar surface area (TPSA) is 72.9 Å². The fourth-order valence-electron chi connectivity index (χ4n) is 2.64. The maximum absolute atomic E-state index is 12.2. The number of ether oxygens (including phenoxy) is 2. The van der Waals surface area contributed by atoms with Crippen LogP contribution < -0.4 is 0 Å². The van der Waals surface area contributed by atoms with Gasteiger partial charge in [-0.15, -0.1) is 0 Å². The summed E-state index contributed by atoms with van der Waals surface area (Å²) in [5, 5.41) is 0. The average molecular weight is 448 g/mol. The molecular weight excluding hydrogens is 422 g/mol. The van der Waals surface area contributed by atoms with Crippen molar-refractivity contribution >= 4 is 31.9 Å². The zero-order chi connectivity index (χ0) is 19.4. The summed E-state index contributed by atoms with van der Waals surface area (Å²) in [6.45, 7) is 7.11. The predicted molar refractivity (Wildman–Crippen MR) is 103 cm³/mol. The Labute approximate surface area is 163 Å². The van der Waals surface area contributed by atoms with Crippen molar-refractivity contribution < 1.29 is 22.7 Å². The van der Waals surface area contributed by atoms with E-state index in [1.54, 1.807) is 29.2 Å². The number of halogens is 1. The van der Waals surface area contributed by atoms with Crippen molar-refractivity contribution in [2.45, 2.75) is 44.1 Å². The smallest absolute Gasteiger partial charge is 0.410 e. The van der Waals surface area contributed by atoms with Gasteiger partial charge in [0.2, 0.25) is 9.84 Å². The minimum absolute atomic E-state index is 0.244. The molecule has 1 aromatic carbocycles. The van der Waals surface area contributed by atoms with Crippen molar-refractivity contribution in [2.24, 2.45) is 5.92 Å². The first-order chi connectivity index (χ1) is 12.1. The van der Waals surface area contributed by atoms with E-state index in [0.717, 1.165) is 17.3 Å². The first kappa shape index (κ1) is 21.2. The van der Waals surface area contributed by atoms with Crippen LogP contribution in [0.3, 0.4) is 0 Å². The normalized spacial score (nSPS) is 16.5. The molecule has 1 heterocycles. The highest BCUT2D eigenvalue weighted by atomic mass is 79.9. The lowest BCUT2D eigenvalue weighted by molar-refractivity contribution is 0.0137. The van der Waals surface area contributed by atoms with Gasteiger partial charge in [-0.1, -0.05) is 15.9 Å². The van der Waals surface area contributed by atoms with Gasteiger partial charge in [-0.3, -0.25) is 0 Å². The molecule has 1 aromatic rings. The summed E-state index contributed by atoms with van der Waals surface area (Å²) in [6.07, 6.45) is 1.25. The van der Waals surface area contributed by atoms with Gasteiger partial charge in [-0.2, -0.15) is 0 Å². The van der Waals surface area contributed by atoms with Gasteiger partial charge in [-0.05, 0) is 63.8 Å². The fourth-order valence-corrected chi connectivity index (χ4v) is 3.91. The van der Waals surface area contributed by atoms with Crippen molar-refractivity contribution in [3.63, 3.8) is 0 Å².